The third-order valence-corrected chi connectivity index (χ3v) is 7.75. The zero-order valence-electron chi connectivity index (χ0n) is 21.5. The highest BCUT2D eigenvalue weighted by molar-refractivity contribution is 5.90. The van der Waals surface area contributed by atoms with Gasteiger partial charge in [0.1, 0.15) is 0 Å². The summed E-state index contributed by atoms with van der Waals surface area (Å²) in [5.74, 6) is 0.957. The quantitative estimate of drug-likeness (QED) is 0.486. The molecule has 1 N–H and O–H groups in total. The summed E-state index contributed by atoms with van der Waals surface area (Å²) >= 11 is 0. The van der Waals surface area contributed by atoms with Gasteiger partial charge in [0.15, 0.2) is 0 Å². The number of amides is 1. The van der Waals surface area contributed by atoms with Crippen molar-refractivity contribution in [2.24, 2.45) is 5.92 Å². The van der Waals surface area contributed by atoms with Crippen LogP contribution in [0.1, 0.15) is 85.8 Å². The van der Waals surface area contributed by atoms with Crippen molar-refractivity contribution in [3.05, 3.63) is 59.3 Å². The number of methoxy groups -OCH3 is 1. The number of nitrogens with one attached hydrogen (secondary N) is 1. The maximum Gasteiger partial charge on any atom is 0.337 e. The molecule has 2 aromatic rings. The van der Waals surface area contributed by atoms with Crippen LogP contribution in [0, 0.1) is 5.92 Å². The van der Waals surface area contributed by atoms with Crippen LogP contribution in [-0.2, 0) is 19.7 Å². The highest BCUT2D eigenvalue weighted by Gasteiger charge is 2.42. The number of ether oxygens (including phenoxy) is 3. The molecule has 2 aliphatic rings. The minimum atomic E-state index is -0.702. The van der Waals surface area contributed by atoms with Crippen molar-refractivity contribution in [1.82, 2.24) is 10.3 Å². The lowest BCUT2D eigenvalue weighted by Crippen LogP contribution is -2.48. The van der Waals surface area contributed by atoms with E-state index >= 15 is 0 Å². The first-order chi connectivity index (χ1) is 17.5. The van der Waals surface area contributed by atoms with Crippen molar-refractivity contribution in [3.8, 4) is 5.88 Å². The SMILES string of the molecule is COC(=O)c1ccc(C(C)NC(=O)C2(c3ccc(OCCC4CCCCC4)nc3)CCOCC2)cc1. The Morgan fingerprint density at radius 1 is 1.08 bits per heavy atom. The molecular weight excluding hydrogens is 456 g/mol. The number of carbonyl (C=O) groups excluding carboxylic acids is 2. The third-order valence-electron chi connectivity index (χ3n) is 7.75. The average molecular weight is 495 g/mol. The zero-order valence-corrected chi connectivity index (χ0v) is 21.5. The molecule has 1 saturated heterocycles. The van der Waals surface area contributed by atoms with E-state index in [9.17, 15) is 9.59 Å². The Bertz CT molecular complexity index is 993. The molecule has 0 radical (unpaired) electrons. The van der Waals surface area contributed by atoms with Gasteiger partial charge in [0.2, 0.25) is 11.8 Å². The Labute approximate surface area is 213 Å². The van der Waals surface area contributed by atoms with E-state index in [1.807, 2.05) is 31.2 Å². The number of hydrogen-bond acceptors (Lipinski definition) is 6. The first-order valence-electron chi connectivity index (χ1n) is 13.2. The Morgan fingerprint density at radius 2 is 1.81 bits per heavy atom. The van der Waals surface area contributed by atoms with Crippen LogP contribution < -0.4 is 10.1 Å². The third kappa shape index (κ3) is 6.25. The number of carbonyl (C=O) groups is 2. The van der Waals surface area contributed by atoms with E-state index in [1.54, 1.807) is 18.3 Å². The average Bonchev–Trinajstić information content (AvgIpc) is 2.94. The van der Waals surface area contributed by atoms with Gasteiger partial charge >= 0.3 is 5.97 Å². The van der Waals surface area contributed by atoms with E-state index in [4.69, 9.17) is 14.2 Å². The normalized spacial score (nSPS) is 18.7. The van der Waals surface area contributed by atoms with E-state index in [2.05, 4.69) is 10.3 Å². The lowest BCUT2D eigenvalue weighted by molar-refractivity contribution is -0.131. The summed E-state index contributed by atoms with van der Waals surface area (Å²) in [5, 5.41) is 3.18. The van der Waals surface area contributed by atoms with Gasteiger partial charge in [-0.2, -0.15) is 0 Å². The van der Waals surface area contributed by atoms with Gasteiger partial charge in [-0.15, -0.1) is 0 Å². The minimum Gasteiger partial charge on any atom is -0.478 e. The fraction of sp³-hybridized carbons (Fsp3) is 0.552. The second-order valence-corrected chi connectivity index (χ2v) is 10.0. The van der Waals surface area contributed by atoms with E-state index in [1.165, 1.54) is 39.2 Å². The summed E-state index contributed by atoms with van der Waals surface area (Å²) in [5.41, 5.74) is 1.58. The summed E-state index contributed by atoms with van der Waals surface area (Å²) < 4.78 is 16.3. The molecule has 4 rings (SSSR count). The summed E-state index contributed by atoms with van der Waals surface area (Å²) in [4.78, 5) is 29.9. The molecule has 7 heteroatoms. The largest absolute Gasteiger partial charge is 0.478 e. The zero-order chi connectivity index (χ0) is 25.4. The van der Waals surface area contributed by atoms with Crippen LogP contribution in [0.25, 0.3) is 0 Å². The standard InChI is InChI=1S/C29H38N2O5/c1-21(23-8-10-24(11-9-23)27(32)34-2)31-28(33)29(15-18-35-19-16-29)25-12-13-26(30-20-25)36-17-14-22-6-4-3-5-7-22/h8-13,20-22H,3-7,14-19H2,1-2H3,(H,31,33). The van der Waals surface area contributed by atoms with E-state index in [0.717, 1.165) is 23.5 Å². The Balaban J connectivity index is 1.40. The molecule has 1 aromatic carbocycles. The molecule has 194 valence electrons. The fourth-order valence-electron chi connectivity index (χ4n) is 5.37. The van der Waals surface area contributed by atoms with Gasteiger partial charge in [0, 0.05) is 25.5 Å². The molecule has 1 aliphatic heterocycles. The maximum atomic E-state index is 13.7. The first kappa shape index (κ1) is 26.1. The Kier molecular flexibility index (Phi) is 8.97. The highest BCUT2D eigenvalue weighted by Crippen LogP contribution is 2.36. The molecule has 2 heterocycles. The van der Waals surface area contributed by atoms with Crippen LogP contribution in [0.5, 0.6) is 5.88 Å². The molecule has 1 aliphatic carbocycles. The molecule has 1 aromatic heterocycles. The van der Waals surface area contributed by atoms with Crippen molar-refractivity contribution in [2.75, 3.05) is 26.9 Å². The molecule has 1 saturated carbocycles. The Hall–Kier alpha value is -2.93. The molecule has 36 heavy (non-hydrogen) atoms. The van der Waals surface area contributed by atoms with Crippen LogP contribution >= 0.6 is 0 Å². The van der Waals surface area contributed by atoms with E-state index in [0.29, 0.717) is 44.1 Å². The van der Waals surface area contributed by atoms with Gasteiger partial charge in [-0.1, -0.05) is 50.3 Å². The summed E-state index contributed by atoms with van der Waals surface area (Å²) in [7, 11) is 1.36. The maximum absolute atomic E-state index is 13.7. The summed E-state index contributed by atoms with van der Waals surface area (Å²) in [6, 6.07) is 10.7. The lowest BCUT2D eigenvalue weighted by atomic mass is 9.73. The molecule has 0 bridgehead atoms. The van der Waals surface area contributed by atoms with Crippen LogP contribution in [0.15, 0.2) is 42.6 Å². The minimum absolute atomic E-state index is 0.0388. The van der Waals surface area contributed by atoms with Gasteiger partial charge < -0.3 is 19.5 Å². The molecule has 1 amide bonds. The van der Waals surface area contributed by atoms with Gasteiger partial charge in [-0.25, -0.2) is 9.78 Å². The van der Waals surface area contributed by atoms with Crippen molar-refractivity contribution in [2.45, 2.75) is 69.7 Å². The molecule has 0 spiro atoms. The smallest absolute Gasteiger partial charge is 0.337 e. The number of esters is 1. The molecule has 1 atom stereocenters. The van der Waals surface area contributed by atoms with Crippen molar-refractivity contribution in [3.63, 3.8) is 0 Å². The van der Waals surface area contributed by atoms with Crippen LogP contribution in [0.4, 0.5) is 0 Å². The highest BCUT2D eigenvalue weighted by atomic mass is 16.5. The van der Waals surface area contributed by atoms with Crippen LogP contribution in [-0.4, -0.2) is 43.8 Å². The second-order valence-electron chi connectivity index (χ2n) is 10.0. The number of aromatic nitrogens is 1. The van der Waals surface area contributed by atoms with Gasteiger partial charge in [-0.05, 0) is 55.4 Å². The van der Waals surface area contributed by atoms with Crippen molar-refractivity contribution < 1.29 is 23.8 Å². The number of pyridine rings is 1. The molecule has 2 fully saturated rings. The first-order valence-corrected chi connectivity index (χ1v) is 13.2. The fourth-order valence-corrected chi connectivity index (χ4v) is 5.37. The predicted molar refractivity (Wildman–Crippen MR) is 137 cm³/mol. The molecule has 7 nitrogen and oxygen atoms in total. The number of nitrogens with zero attached hydrogens (tertiary/aromatic N) is 1. The van der Waals surface area contributed by atoms with Crippen LogP contribution in [0.3, 0.4) is 0 Å². The van der Waals surface area contributed by atoms with Crippen molar-refractivity contribution >= 4 is 11.9 Å². The van der Waals surface area contributed by atoms with Crippen LogP contribution in [0.2, 0.25) is 0 Å². The molecule has 1 unspecified atom stereocenters. The predicted octanol–water partition coefficient (Wildman–Crippen LogP) is 5.14. The topological polar surface area (TPSA) is 86.8 Å². The number of hydrogen-bond donors (Lipinski definition) is 1. The van der Waals surface area contributed by atoms with E-state index < -0.39 is 5.41 Å². The number of benzene rings is 1. The van der Waals surface area contributed by atoms with Gasteiger partial charge in [0.25, 0.3) is 0 Å². The molecular formula is C29H38N2O5. The second kappa shape index (κ2) is 12.3. The monoisotopic (exact) mass is 494 g/mol. The summed E-state index contributed by atoms with van der Waals surface area (Å²) in [6.45, 7) is 3.67. The van der Waals surface area contributed by atoms with Gasteiger partial charge in [0.05, 0.1) is 30.7 Å². The number of rotatable bonds is 9. The van der Waals surface area contributed by atoms with Crippen molar-refractivity contribution in [1.29, 1.82) is 0 Å². The van der Waals surface area contributed by atoms with E-state index in [-0.39, 0.29) is 17.9 Å². The Morgan fingerprint density at radius 3 is 2.44 bits per heavy atom. The lowest BCUT2D eigenvalue weighted by Gasteiger charge is -2.37. The summed E-state index contributed by atoms with van der Waals surface area (Å²) in [6.07, 6.45) is 10.7. The van der Waals surface area contributed by atoms with Gasteiger partial charge in [-0.3, -0.25) is 4.79 Å².